The van der Waals surface area contributed by atoms with Gasteiger partial charge in [-0.2, -0.15) is 5.26 Å². The number of aromatic amines is 1. The fourth-order valence-electron chi connectivity index (χ4n) is 5.96. The number of hydrogen-bond acceptors (Lipinski definition) is 5. The molecule has 0 radical (unpaired) electrons. The van der Waals surface area contributed by atoms with E-state index in [1.165, 1.54) is 11.8 Å². The molecule has 192 valence electrons. The Morgan fingerprint density at radius 3 is 2.39 bits per heavy atom. The largest absolute Gasteiger partial charge is 0.385 e. The Balaban J connectivity index is 1.75. The van der Waals surface area contributed by atoms with Crippen LogP contribution in [0.1, 0.15) is 101 Å². The van der Waals surface area contributed by atoms with Gasteiger partial charge in [-0.25, -0.2) is 4.98 Å². The molecule has 1 amide bonds. The lowest BCUT2D eigenvalue weighted by atomic mass is 9.68. The number of piperidine rings is 1. The monoisotopic (exact) mass is 489 g/mol. The average Bonchev–Trinajstić information content (AvgIpc) is 3.27. The van der Waals surface area contributed by atoms with Crippen LogP contribution in [0, 0.1) is 16.7 Å². The predicted molar refractivity (Wildman–Crippen MR) is 142 cm³/mol. The third-order valence-electron chi connectivity index (χ3n) is 8.30. The number of likely N-dealkylation sites (tertiary alicyclic amines) is 1. The summed E-state index contributed by atoms with van der Waals surface area (Å²) in [5, 5.41) is 24.1. The molecule has 0 spiro atoms. The standard InChI is InChI=1S/C29H39N5O2/c1-26(2)12-10-19(11-13-26)22-14-20(29(36)17-27(3,4)34(7)28(5,6)18-29)8-9-23(22)33-25(35)24-31-16-21(15-30)32-24/h8-10,14,16,36H,11-13,17-18H2,1-7H3,(H,31,32)(H,33,35). The second-order valence-electron chi connectivity index (χ2n) is 12.6. The van der Waals surface area contributed by atoms with Gasteiger partial charge >= 0.3 is 0 Å². The van der Waals surface area contributed by atoms with E-state index < -0.39 is 11.5 Å². The molecule has 2 aromatic rings. The third-order valence-corrected chi connectivity index (χ3v) is 8.30. The quantitative estimate of drug-likeness (QED) is 0.519. The first-order valence-corrected chi connectivity index (χ1v) is 12.7. The maximum atomic E-state index is 12.9. The van der Waals surface area contributed by atoms with Crippen molar-refractivity contribution < 1.29 is 9.90 Å². The van der Waals surface area contributed by atoms with Crippen molar-refractivity contribution in [2.45, 2.75) is 90.3 Å². The number of H-pyrrole nitrogens is 1. The molecule has 2 aliphatic rings. The molecule has 1 aliphatic carbocycles. The number of imidazole rings is 1. The van der Waals surface area contributed by atoms with Gasteiger partial charge < -0.3 is 15.4 Å². The summed E-state index contributed by atoms with van der Waals surface area (Å²) in [6.07, 6.45) is 7.75. The summed E-state index contributed by atoms with van der Waals surface area (Å²) in [6, 6.07) is 7.87. The Hall–Kier alpha value is -2.95. The second-order valence-corrected chi connectivity index (χ2v) is 12.6. The number of nitrogens with zero attached hydrogens (tertiary/aromatic N) is 3. The summed E-state index contributed by atoms with van der Waals surface area (Å²) >= 11 is 0. The van der Waals surface area contributed by atoms with E-state index in [2.05, 4.69) is 80.9 Å². The van der Waals surface area contributed by atoms with Crippen LogP contribution < -0.4 is 5.32 Å². The minimum atomic E-state index is -0.992. The summed E-state index contributed by atoms with van der Waals surface area (Å²) in [7, 11) is 2.13. The lowest BCUT2D eigenvalue weighted by Gasteiger charge is -2.57. The first-order chi connectivity index (χ1) is 16.7. The molecule has 1 aromatic carbocycles. The molecule has 1 saturated heterocycles. The van der Waals surface area contributed by atoms with E-state index in [0.29, 0.717) is 18.5 Å². The molecule has 0 bridgehead atoms. The van der Waals surface area contributed by atoms with Crippen molar-refractivity contribution in [1.29, 1.82) is 5.26 Å². The van der Waals surface area contributed by atoms with E-state index in [0.717, 1.165) is 30.4 Å². The van der Waals surface area contributed by atoms with Gasteiger partial charge in [0.1, 0.15) is 11.8 Å². The van der Waals surface area contributed by atoms with Crippen molar-refractivity contribution in [2.24, 2.45) is 5.41 Å². The highest BCUT2D eigenvalue weighted by molar-refractivity contribution is 6.03. The van der Waals surface area contributed by atoms with Crippen molar-refractivity contribution in [1.82, 2.24) is 14.9 Å². The minimum absolute atomic E-state index is 0.0952. The highest BCUT2D eigenvalue weighted by atomic mass is 16.3. The molecule has 36 heavy (non-hydrogen) atoms. The zero-order valence-electron chi connectivity index (χ0n) is 22.6. The number of nitriles is 1. The molecule has 3 N–H and O–H groups in total. The summed E-state index contributed by atoms with van der Waals surface area (Å²) in [6.45, 7) is 13.3. The first-order valence-electron chi connectivity index (χ1n) is 12.7. The molecule has 1 fully saturated rings. The Morgan fingerprint density at radius 2 is 1.83 bits per heavy atom. The van der Waals surface area contributed by atoms with Crippen LogP contribution in [0.3, 0.4) is 0 Å². The van der Waals surface area contributed by atoms with Crippen LogP contribution in [-0.2, 0) is 5.60 Å². The van der Waals surface area contributed by atoms with Gasteiger partial charge in [-0.15, -0.1) is 0 Å². The number of aliphatic hydroxyl groups is 1. The van der Waals surface area contributed by atoms with Gasteiger partial charge in [0.2, 0.25) is 0 Å². The zero-order valence-corrected chi connectivity index (χ0v) is 22.6. The number of hydrogen-bond donors (Lipinski definition) is 3. The van der Waals surface area contributed by atoms with Crippen molar-refractivity contribution in [2.75, 3.05) is 12.4 Å². The Morgan fingerprint density at radius 1 is 1.17 bits per heavy atom. The SMILES string of the molecule is CN1C(C)(C)CC(O)(c2ccc(NC(=O)c3ncc(C#N)[nH]3)c(C3=CCC(C)(C)CC3)c2)CC1(C)C. The maximum Gasteiger partial charge on any atom is 0.291 e. The van der Waals surface area contributed by atoms with Crippen LogP contribution in [0.15, 0.2) is 30.5 Å². The predicted octanol–water partition coefficient (Wildman–Crippen LogP) is 5.60. The fourth-order valence-corrected chi connectivity index (χ4v) is 5.96. The van der Waals surface area contributed by atoms with Gasteiger partial charge in [-0.3, -0.25) is 9.69 Å². The van der Waals surface area contributed by atoms with Crippen LogP contribution in [0.4, 0.5) is 5.69 Å². The molecule has 1 aromatic heterocycles. The van der Waals surface area contributed by atoms with Crippen LogP contribution in [-0.4, -0.2) is 44.0 Å². The maximum absolute atomic E-state index is 12.9. The molecule has 0 atom stereocenters. The highest BCUT2D eigenvalue weighted by Gasteiger charge is 2.50. The van der Waals surface area contributed by atoms with Crippen LogP contribution in [0.5, 0.6) is 0 Å². The summed E-state index contributed by atoms with van der Waals surface area (Å²) < 4.78 is 0. The van der Waals surface area contributed by atoms with E-state index in [9.17, 15) is 9.90 Å². The number of carbonyl (C=O) groups excluding carboxylic acids is 1. The molecule has 4 rings (SSSR count). The van der Waals surface area contributed by atoms with E-state index >= 15 is 0 Å². The number of anilines is 1. The molecule has 7 heteroatoms. The topological polar surface area (TPSA) is 105 Å². The van der Waals surface area contributed by atoms with Crippen LogP contribution >= 0.6 is 0 Å². The first kappa shape index (κ1) is 26.1. The van der Waals surface area contributed by atoms with Gasteiger partial charge in [0.25, 0.3) is 5.91 Å². The fraction of sp³-hybridized carbons (Fsp3) is 0.552. The van der Waals surface area contributed by atoms with Gasteiger partial charge in [0, 0.05) is 22.3 Å². The number of rotatable bonds is 4. The summed E-state index contributed by atoms with van der Waals surface area (Å²) in [4.78, 5) is 22.1. The van der Waals surface area contributed by atoms with Gasteiger partial charge in [0.15, 0.2) is 5.82 Å². The Kier molecular flexibility index (Phi) is 6.43. The van der Waals surface area contributed by atoms with Gasteiger partial charge in [-0.1, -0.05) is 26.0 Å². The Labute approximate surface area is 214 Å². The average molecular weight is 490 g/mol. The lowest BCUT2D eigenvalue weighted by molar-refractivity contribution is -0.128. The highest BCUT2D eigenvalue weighted by Crippen LogP contribution is 2.49. The number of carbonyl (C=O) groups is 1. The van der Waals surface area contributed by atoms with Gasteiger partial charge in [0.05, 0.1) is 11.8 Å². The van der Waals surface area contributed by atoms with Crippen molar-refractivity contribution >= 4 is 17.2 Å². The molecular weight excluding hydrogens is 450 g/mol. The van der Waals surface area contributed by atoms with E-state index in [1.54, 1.807) is 0 Å². The van der Waals surface area contributed by atoms with E-state index in [4.69, 9.17) is 5.26 Å². The minimum Gasteiger partial charge on any atom is -0.385 e. The van der Waals surface area contributed by atoms with Gasteiger partial charge in [-0.05, 0) is 95.5 Å². The Bertz CT molecular complexity index is 1230. The molecule has 2 heterocycles. The molecule has 0 saturated carbocycles. The van der Waals surface area contributed by atoms with Crippen molar-refractivity contribution in [3.8, 4) is 6.07 Å². The van der Waals surface area contributed by atoms with Crippen LogP contribution in [0.25, 0.3) is 5.57 Å². The second kappa shape index (κ2) is 8.86. The zero-order chi connectivity index (χ0) is 26.5. The number of benzene rings is 1. The number of amides is 1. The molecule has 0 unspecified atom stereocenters. The van der Waals surface area contributed by atoms with Crippen molar-refractivity contribution in [3.63, 3.8) is 0 Å². The summed E-state index contributed by atoms with van der Waals surface area (Å²) in [5.74, 6) is -0.305. The number of allylic oxidation sites excluding steroid dienone is 2. The van der Waals surface area contributed by atoms with E-state index in [-0.39, 0.29) is 28.0 Å². The van der Waals surface area contributed by atoms with Crippen molar-refractivity contribution in [3.05, 3.63) is 53.1 Å². The summed E-state index contributed by atoms with van der Waals surface area (Å²) in [5.41, 5.74) is 2.79. The normalized spacial score (nSPS) is 22.4. The third kappa shape index (κ3) is 4.98. The molecule has 7 nitrogen and oxygen atoms in total. The number of aromatic nitrogens is 2. The smallest absolute Gasteiger partial charge is 0.291 e. The lowest BCUT2D eigenvalue weighted by Crippen LogP contribution is -2.62. The van der Waals surface area contributed by atoms with E-state index in [1.807, 2.05) is 18.2 Å². The number of nitrogens with one attached hydrogen (secondary N) is 2. The molecule has 1 aliphatic heterocycles. The molecular formula is C29H39N5O2. The van der Waals surface area contributed by atoms with Crippen LogP contribution in [0.2, 0.25) is 0 Å².